The summed E-state index contributed by atoms with van der Waals surface area (Å²) in [4.78, 5) is 12.2. The Bertz CT molecular complexity index is 647. The summed E-state index contributed by atoms with van der Waals surface area (Å²) in [6, 6.07) is 7.75. The second-order valence-corrected chi connectivity index (χ2v) is 5.72. The first-order valence-electron chi connectivity index (χ1n) is 7.40. The molecule has 0 aliphatic rings. The van der Waals surface area contributed by atoms with Gasteiger partial charge in [-0.05, 0) is 31.4 Å². The second-order valence-electron chi connectivity index (χ2n) is 5.72. The van der Waals surface area contributed by atoms with E-state index in [0.717, 1.165) is 11.3 Å². The average Bonchev–Trinajstić information content (AvgIpc) is 2.85. The number of aryl methyl sites for hydroxylation is 2. The molecule has 0 fully saturated rings. The number of amides is 1. The molecule has 118 valence electrons. The predicted octanol–water partition coefficient (Wildman–Crippen LogP) is 3.26. The SMILES string of the molecule is Cc1ccccc1OCc1c(C(=O)NCC(C)C)noc1C. The molecule has 1 aromatic carbocycles. The maximum Gasteiger partial charge on any atom is 0.273 e. The maximum absolute atomic E-state index is 12.2. The van der Waals surface area contributed by atoms with Crippen molar-refractivity contribution in [2.45, 2.75) is 34.3 Å². The summed E-state index contributed by atoms with van der Waals surface area (Å²) in [6.07, 6.45) is 0. The lowest BCUT2D eigenvalue weighted by atomic mass is 10.1. The van der Waals surface area contributed by atoms with E-state index in [1.54, 1.807) is 6.92 Å². The third kappa shape index (κ3) is 3.87. The zero-order chi connectivity index (χ0) is 16.1. The molecule has 0 saturated carbocycles. The quantitative estimate of drug-likeness (QED) is 0.889. The Morgan fingerprint density at radius 1 is 1.32 bits per heavy atom. The summed E-state index contributed by atoms with van der Waals surface area (Å²) >= 11 is 0. The molecule has 1 heterocycles. The molecule has 1 amide bonds. The molecular weight excluding hydrogens is 280 g/mol. The van der Waals surface area contributed by atoms with Gasteiger partial charge in [-0.3, -0.25) is 4.79 Å². The summed E-state index contributed by atoms with van der Waals surface area (Å²) in [5, 5.41) is 6.71. The molecule has 5 heteroatoms. The highest BCUT2D eigenvalue weighted by Crippen LogP contribution is 2.20. The largest absolute Gasteiger partial charge is 0.488 e. The first kappa shape index (κ1) is 16.1. The molecule has 2 aromatic rings. The summed E-state index contributed by atoms with van der Waals surface area (Å²) in [5.74, 6) is 1.54. The van der Waals surface area contributed by atoms with E-state index >= 15 is 0 Å². The summed E-state index contributed by atoms with van der Waals surface area (Å²) in [6.45, 7) is 8.69. The van der Waals surface area contributed by atoms with E-state index in [4.69, 9.17) is 9.26 Å². The van der Waals surface area contributed by atoms with Crippen LogP contribution in [0.15, 0.2) is 28.8 Å². The molecular formula is C17H22N2O3. The zero-order valence-electron chi connectivity index (χ0n) is 13.5. The maximum atomic E-state index is 12.2. The van der Waals surface area contributed by atoms with Gasteiger partial charge in [0, 0.05) is 6.54 Å². The highest BCUT2D eigenvalue weighted by atomic mass is 16.5. The van der Waals surface area contributed by atoms with Crippen molar-refractivity contribution in [1.82, 2.24) is 10.5 Å². The van der Waals surface area contributed by atoms with Crippen molar-refractivity contribution in [1.29, 1.82) is 0 Å². The first-order chi connectivity index (χ1) is 10.5. The minimum atomic E-state index is -0.228. The Morgan fingerprint density at radius 3 is 2.73 bits per heavy atom. The van der Waals surface area contributed by atoms with Crippen molar-refractivity contribution in [3.05, 3.63) is 46.8 Å². The van der Waals surface area contributed by atoms with Crippen molar-refractivity contribution in [2.75, 3.05) is 6.54 Å². The van der Waals surface area contributed by atoms with Crippen LogP contribution in [0.1, 0.15) is 41.2 Å². The van der Waals surface area contributed by atoms with E-state index in [0.29, 0.717) is 29.5 Å². The number of rotatable bonds is 6. The monoisotopic (exact) mass is 302 g/mol. The molecule has 0 unspecified atom stereocenters. The Hall–Kier alpha value is -2.30. The molecule has 0 radical (unpaired) electrons. The fourth-order valence-electron chi connectivity index (χ4n) is 1.99. The van der Waals surface area contributed by atoms with Gasteiger partial charge in [-0.1, -0.05) is 37.2 Å². The van der Waals surface area contributed by atoms with Crippen molar-refractivity contribution >= 4 is 5.91 Å². The van der Waals surface area contributed by atoms with Gasteiger partial charge in [0.1, 0.15) is 18.1 Å². The molecule has 2 rings (SSSR count). The Labute approximate surface area is 130 Å². The molecule has 22 heavy (non-hydrogen) atoms. The van der Waals surface area contributed by atoms with Gasteiger partial charge in [-0.15, -0.1) is 0 Å². The van der Waals surface area contributed by atoms with Gasteiger partial charge in [-0.2, -0.15) is 0 Å². The molecule has 1 N–H and O–H groups in total. The Balaban J connectivity index is 2.09. The van der Waals surface area contributed by atoms with Gasteiger partial charge in [0.2, 0.25) is 0 Å². The van der Waals surface area contributed by atoms with E-state index in [9.17, 15) is 4.79 Å². The molecule has 0 atom stereocenters. The molecule has 0 bridgehead atoms. The first-order valence-corrected chi connectivity index (χ1v) is 7.40. The van der Waals surface area contributed by atoms with Gasteiger partial charge in [0.25, 0.3) is 5.91 Å². The number of para-hydroxylation sites is 1. The predicted molar refractivity (Wildman–Crippen MR) is 83.9 cm³/mol. The number of carbonyl (C=O) groups is 1. The molecule has 0 aliphatic heterocycles. The number of benzene rings is 1. The molecule has 1 aromatic heterocycles. The van der Waals surface area contributed by atoms with Crippen LogP contribution in [0.25, 0.3) is 0 Å². The van der Waals surface area contributed by atoms with Gasteiger partial charge in [0.15, 0.2) is 5.69 Å². The minimum absolute atomic E-state index is 0.228. The molecule has 0 aliphatic carbocycles. The van der Waals surface area contributed by atoms with Crippen LogP contribution in [0, 0.1) is 19.8 Å². The standard InChI is InChI=1S/C17H22N2O3/c1-11(2)9-18-17(20)16-14(13(4)22-19-16)10-21-15-8-6-5-7-12(15)3/h5-8,11H,9-10H2,1-4H3,(H,18,20). The number of nitrogens with zero attached hydrogens (tertiary/aromatic N) is 1. The van der Waals surface area contributed by atoms with Gasteiger partial charge >= 0.3 is 0 Å². The Kier molecular flexibility index (Phi) is 5.20. The minimum Gasteiger partial charge on any atom is -0.488 e. The number of ether oxygens (including phenoxy) is 1. The molecule has 0 saturated heterocycles. The lowest BCUT2D eigenvalue weighted by Crippen LogP contribution is -2.28. The average molecular weight is 302 g/mol. The van der Waals surface area contributed by atoms with Crippen LogP contribution in [0.3, 0.4) is 0 Å². The highest BCUT2D eigenvalue weighted by molar-refractivity contribution is 5.93. The van der Waals surface area contributed by atoms with E-state index in [1.165, 1.54) is 0 Å². The second kappa shape index (κ2) is 7.11. The van der Waals surface area contributed by atoms with E-state index in [1.807, 2.05) is 45.0 Å². The smallest absolute Gasteiger partial charge is 0.273 e. The van der Waals surface area contributed by atoms with Gasteiger partial charge in [0.05, 0.1) is 5.56 Å². The van der Waals surface area contributed by atoms with Crippen molar-refractivity contribution in [3.8, 4) is 5.75 Å². The van der Waals surface area contributed by atoms with E-state index in [-0.39, 0.29) is 12.5 Å². The van der Waals surface area contributed by atoms with Crippen LogP contribution in [0.4, 0.5) is 0 Å². The fraction of sp³-hybridized carbons (Fsp3) is 0.412. The fourth-order valence-corrected chi connectivity index (χ4v) is 1.99. The van der Waals surface area contributed by atoms with Crippen molar-refractivity contribution < 1.29 is 14.1 Å². The third-order valence-corrected chi connectivity index (χ3v) is 3.34. The van der Waals surface area contributed by atoms with Crippen molar-refractivity contribution in [2.24, 2.45) is 5.92 Å². The van der Waals surface area contributed by atoms with Gasteiger partial charge in [-0.25, -0.2) is 0 Å². The number of hydrogen-bond donors (Lipinski definition) is 1. The number of hydrogen-bond acceptors (Lipinski definition) is 4. The van der Waals surface area contributed by atoms with Crippen LogP contribution >= 0.6 is 0 Å². The van der Waals surface area contributed by atoms with Crippen LogP contribution in [-0.4, -0.2) is 17.6 Å². The summed E-state index contributed by atoms with van der Waals surface area (Å²) in [5.41, 5.74) is 2.03. The molecule has 5 nitrogen and oxygen atoms in total. The van der Waals surface area contributed by atoms with Crippen molar-refractivity contribution in [3.63, 3.8) is 0 Å². The normalized spacial score (nSPS) is 10.8. The van der Waals surface area contributed by atoms with E-state index in [2.05, 4.69) is 10.5 Å². The van der Waals surface area contributed by atoms with Crippen LogP contribution < -0.4 is 10.1 Å². The Morgan fingerprint density at radius 2 is 2.05 bits per heavy atom. The molecule has 0 spiro atoms. The number of aromatic nitrogens is 1. The lowest BCUT2D eigenvalue weighted by molar-refractivity contribution is 0.0937. The number of carbonyl (C=O) groups excluding carboxylic acids is 1. The van der Waals surface area contributed by atoms with Crippen LogP contribution in [-0.2, 0) is 6.61 Å². The third-order valence-electron chi connectivity index (χ3n) is 3.34. The highest BCUT2D eigenvalue weighted by Gasteiger charge is 2.20. The lowest BCUT2D eigenvalue weighted by Gasteiger charge is -2.10. The summed E-state index contributed by atoms with van der Waals surface area (Å²) < 4.78 is 10.9. The zero-order valence-corrected chi connectivity index (χ0v) is 13.5. The summed E-state index contributed by atoms with van der Waals surface area (Å²) in [7, 11) is 0. The topological polar surface area (TPSA) is 64.4 Å². The van der Waals surface area contributed by atoms with E-state index < -0.39 is 0 Å². The van der Waals surface area contributed by atoms with Gasteiger partial charge < -0.3 is 14.6 Å². The van der Waals surface area contributed by atoms with Crippen LogP contribution in [0.5, 0.6) is 5.75 Å². The van der Waals surface area contributed by atoms with Crippen LogP contribution in [0.2, 0.25) is 0 Å². The number of nitrogens with one attached hydrogen (secondary N) is 1.